The highest BCUT2D eigenvalue weighted by molar-refractivity contribution is 7.92. The molecule has 0 spiro atoms. The Morgan fingerprint density at radius 1 is 1.31 bits per heavy atom. The summed E-state index contributed by atoms with van der Waals surface area (Å²) in [4.78, 5) is 0.559. The van der Waals surface area contributed by atoms with Gasteiger partial charge in [-0.2, -0.15) is 0 Å². The number of anilines is 1. The normalized spacial score (nSPS) is 22.9. The fraction of sp³-hybridized carbons (Fsp3) is 0.562. The van der Waals surface area contributed by atoms with Crippen molar-refractivity contribution in [2.45, 2.75) is 28.7 Å². The summed E-state index contributed by atoms with van der Waals surface area (Å²) in [6, 6.07) is 2.24. The molecule has 11 nitrogen and oxygen atoms in total. The van der Waals surface area contributed by atoms with E-state index in [9.17, 15) is 21.9 Å². The van der Waals surface area contributed by atoms with E-state index in [1.165, 1.54) is 12.1 Å². The highest BCUT2D eigenvalue weighted by Gasteiger charge is 2.34. The fourth-order valence-electron chi connectivity index (χ4n) is 3.81. The van der Waals surface area contributed by atoms with Crippen LogP contribution in [0.5, 0.6) is 0 Å². The maximum Gasteiger partial charge on any atom is 0.242 e. The van der Waals surface area contributed by atoms with Crippen molar-refractivity contribution in [1.29, 1.82) is 5.41 Å². The average Bonchev–Trinajstić information content (AvgIpc) is 3.30. The van der Waals surface area contributed by atoms with Gasteiger partial charge in [-0.1, -0.05) is 0 Å². The molecule has 29 heavy (non-hydrogen) atoms. The molecular formula is C16H26N6O5S2. The maximum atomic E-state index is 12.9. The average molecular weight is 447 g/mol. The largest absolute Gasteiger partial charge is 0.396 e. The van der Waals surface area contributed by atoms with Gasteiger partial charge in [0.2, 0.25) is 20.0 Å². The summed E-state index contributed by atoms with van der Waals surface area (Å²) in [5.74, 6) is -0.608. The molecule has 2 aliphatic rings. The van der Waals surface area contributed by atoms with Crippen molar-refractivity contribution in [1.82, 2.24) is 10.0 Å². The van der Waals surface area contributed by atoms with Crippen molar-refractivity contribution in [2.75, 3.05) is 37.7 Å². The Morgan fingerprint density at radius 3 is 2.55 bits per heavy atom. The molecule has 0 amide bonds. The van der Waals surface area contributed by atoms with Crippen LogP contribution in [-0.4, -0.2) is 66.6 Å². The lowest BCUT2D eigenvalue weighted by molar-refractivity contribution is 0.238. The zero-order valence-electron chi connectivity index (χ0n) is 15.8. The second-order valence-corrected chi connectivity index (χ2v) is 10.5. The summed E-state index contributed by atoms with van der Waals surface area (Å²) in [5, 5.41) is 25.7. The van der Waals surface area contributed by atoms with Gasteiger partial charge in [0.25, 0.3) is 0 Å². The van der Waals surface area contributed by atoms with Crippen LogP contribution in [0.15, 0.2) is 21.9 Å². The van der Waals surface area contributed by atoms with Crippen molar-refractivity contribution < 1.29 is 21.9 Å². The van der Waals surface area contributed by atoms with Crippen molar-refractivity contribution in [3.05, 3.63) is 17.7 Å². The Kier molecular flexibility index (Phi) is 6.17. The number of sulfonamides is 2. The molecule has 2 atom stereocenters. The van der Waals surface area contributed by atoms with Crippen molar-refractivity contribution in [3.63, 3.8) is 0 Å². The standard InChI is InChI=1S/C16H26N6O5S2/c17-16(18)14-12(22-6-4-10(8-22)9-23)1-2-13(15(14)28(19,24)25)29(26,27)21-11-3-5-20-7-11/h1-2,10-11,20-21,23H,3-9H2,(H3,17,18)(H2,19,24,25)/t10-,11-/m1/s1. The number of aliphatic hydroxyl groups excluding tert-OH is 1. The van der Waals surface area contributed by atoms with Gasteiger partial charge in [0.15, 0.2) is 0 Å². The van der Waals surface area contributed by atoms with Crippen LogP contribution in [0, 0.1) is 11.3 Å². The first-order chi connectivity index (χ1) is 13.5. The molecule has 1 aromatic rings. The lowest BCUT2D eigenvalue weighted by Crippen LogP contribution is -2.38. The van der Waals surface area contributed by atoms with Gasteiger partial charge >= 0.3 is 0 Å². The topological polar surface area (TPSA) is 192 Å². The van der Waals surface area contributed by atoms with E-state index in [2.05, 4.69) is 10.0 Å². The van der Waals surface area contributed by atoms with Crippen LogP contribution in [0.1, 0.15) is 18.4 Å². The number of hydrogen-bond acceptors (Lipinski definition) is 8. The summed E-state index contributed by atoms with van der Waals surface area (Å²) in [7, 11) is -8.76. The van der Waals surface area contributed by atoms with Crippen LogP contribution in [0.25, 0.3) is 0 Å². The Hall–Kier alpha value is -1.77. The van der Waals surface area contributed by atoms with E-state index in [1.54, 1.807) is 4.90 Å². The maximum absolute atomic E-state index is 12.9. The van der Waals surface area contributed by atoms with Gasteiger partial charge in [-0.15, -0.1) is 0 Å². The van der Waals surface area contributed by atoms with Gasteiger partial charge in [-0.25, -0.2) is 26.7 Å². The Morgan fingerprint density at radius 2 is 2.03 bits per heavy atom. The molecule has 2 aliphatic heterocycles. The second kappa shape index (κ2) is 8.16. The van der Waals surface area contributed by atoms with Gasteiger partial charge in [-0.3, -0.25) is 5.41 Å². The van der Waals surface area contributed by atoms with E-state index in [0.717, 1.165) is 0 Å². The van der Waals surface area contributed by atoms with Crippen LogP contribution >= 0.6 is 0 Å². The number of rotatable bonds is 7. The number of amidine groups is 1. The number of hydrogen-bond donors (Lipinski definition) is 6. The summed E-state index contributed by atoms with van der Waals surface area (Å²) in [6.07, 6.45) is 1.24. The lowest BCUT2D eigenvalue weighted by atomic mass is 10.1. The molecular weight excluding hydrogens is 420 g/mol. The molecule has 162 valence electrons. The summed E-state index contributed by atoms with van der Waals surface area (Å²) in [5.41, 5.74) is 5.75. The zero-order chi connectivity index (χ0) is 21.4. The SMILES string of the molecule is N=C(N)c1c(N2CC[C@@H](CO)C2)ccc(S(=O)(=O)N[C@@H]2CCNC2)c1S(N)(=O)=O. The van der Waals surface area contributed by atoms with Crippen molar-refractivity contribution in [3.8, 4) is 0 Å². The van der Waals surface area contributed by atoms with Gasteiger partial charge in [0.1, 0.15) is 15.6 Å². The molecule has 13 heteroatoms. The van der Waals surface area contributed by atoms with E-state index in [0.29, 0.717) is 44.7 Å². The van der Waals surface area contributed by atoms with E-state index < -0.39 is 35.7 Å². The van der Waals surface area contributed by atoms with E-state index in [4.69, 9.17) is 16.3 Å². The summed E-state index contributed by atoms with van der Waals surface area (Å²) < 4.78 is 53.2. The van der Waals surface area contributed by atoms with E-state index in [1.807, 2.05) is 0 Å². The molecule has 0 aromatic heterocycles. The number of nitrogens with one attached hydrogen (secondary N) is 3. The smallest absolute Gasteiger partial charge is 0.242 e. The van der Waals surface area contributed by atoms with Crippen LogP contribution < -0.4 is 25.8 Å². The third-order valence-corrected chi connectivity index (χ3v) is 7.89. The number of nitrogens with two attached hydrogens (primary N) is 2. The van der Waals surface area contributed by atoms with Crippen LogP contribution in [0.2, 0.25) is 0 Å². The van der Waals surface area contributed by atoms with Gasteiger partial charge in [0.05, 0.1) is 5.56 Å². The Labute approximate surface area is 170 Å². The molecule has 2 saturated heterocycles. The number of benzene rings is 1. The predicted molar refractivity (Wildman–Crippen MR) is 108 cm³/mol. The highest BCUT2D eigenvalue weighted by atomic mass is 32.2. The third kappa shape index (κ3) is 4.54. The first-order valence-electron chi connectivity index (χ1n) is 9.17. The minimum Gasteiger partial charge on any atom is -0.396 e. The monoisotopic (exact) mass is 446 g/mol. The molecule has 0 saturated carbocycles. The van der Waals surface area contributed by atoms with Gasteiger partial charge < -0.3 is 21.1 Å². The predicted octanol–water partition coefficient (Wildman–Crippen LogP) is -1.92. The molecule has 0 unspecified atom stereocenters. The molecule has 0 radical (unpaired) electrons. The third-order valence-electron chi connectivity index (χ3n) is 5.21. The van der Waals surface area contributed by atoms with E-state index in [-0.39, 0.29) is 24.1 Å². The molecule has 2 fully saturated rings. The minimum absolute atomic E-state index is 0.00677. The molecule has 3 rings (SSSR count). The van der Waals surface area contributed by atoms with Crippen molar-refractivity contribution >= 4 is 31.6 Å². The quantitative estimate of drug-likeness (QED) is 0.206. The number of aliphatic hydroxyl groups is 1. The Balaban J connectivity index is 2.15. The van der Waals surface area contributed by atoms with Gasteiger partial charge in [0, 0.05) is 43.9 Å². The van der Waals surface area contributed by atoms with Gasteiger partial charge in [-0.05, 0) is 31.5 Å². The second-order valence-electron chi connectivity index (χ2n) is 7.34. The van der Waals surface area contributed by atoms with Crippen LogP contribution in [-0.2, 0) is 20.0 Å². The first kappa shape index (κ1) is 21.9. The fourth-order valence-corrected chi connectivity index (χ4v) is 6.70. The van der Waals surface area contributed by atoms with Crippen LogP contribution in [0.3, 0.4) is 0 Å². The lowest BCUT2D eigenvalue weighted by Gasteiger charge is -2.25. The number of nitrogen functional groups attached to an aromatic ring is 1. The zero-order valence-corrected chi connectivity index (χ0v) is 17.4. The van der Waals surface area contributed by atoms with Crippen LogP contribution in [0.4, 0.5) is 5.69 Å². The molecule has 0 aliphatic carbocycles. The first-order valence-corrected chi connectivity index (χ1v) is 12.2. The van der Waals surface area contributed by atoms with E-state index >= 15 is 0 Å². The Bertz CT molecular complexity index is 1000. The molecule has 2 heterocycles. The van der Waals surface area contributed by atoms with Crippen molar-refractivity contribution in [2.24, 2.45) is 16.8 Å². The molecule has 8 N–H and O–H groups in total. The number of primary sulfonamides is 1. The highest BCUT2D eigenvalue weighted by Crippen LogP contribution is 2.34. The number of nitrogens with zero attached hydrogens (tertiary/aromatic N) is 1. The summed E-state index contributed by atoms with van der Waals surface area (Å²) in [6.45, 7) is 1.98. The molecule has 1 aromatic carbocycles. The minimum atomic E-state index is -4.53. The summed E-state index contributed by atoms with van der Waals surface area (Å²) >= 11 is 0. The molecule has 0 bridgehead atoms.